The van der Waals surface area contributed by atoms with Crippen LogP contribution in [0.3, 0.4) is 0 Å². The summed E-state index contributed by atoms with van der Waals surface area (Å²) >= 11 is 0. The average Bonchev–Trinajstić information content (AvgIpc) is 2.97. The minimum Gasteiger partial charge on any atom is -0.350 e. The summed E-state index contributed by atoms with van der Waals surface area (Å²) in [4.78, 5) is 30.2. The van der Waals surface area contributed by atoms with Gasteiger partial charge < -0.3 is 10.2 Å². The van der Waals surface area contributed by atoms with Crippen LogP contribution in [0.15, 0.2) is 108 Å². The molecule has 0 aliphatic rings. The van der Waals surface area contributed by atoms with E-state index >= 15 is 0 Å². The summed E-state index contributed by atoms with van der Waals surface area (Å²) in [5.74, 6) is -0.795. The van der Waals surface area contributed by atoms with Crippen molar-refractivity contribution in [3.63, 3.8) is 0 Å². The van der Waals surface area contributed by atoms with Crippen LogP contribution in [0.25, 0.3) is 0 Å². The molecule has 0 saturated heterocycles. The Labute approximate surface area is 268 Å². The molecular weight excluding hydrogens is 582 g/mol. The van der Waals surface area contributed by atoms with Gasteiger partial charge in [-0.25, -0.2) is 8.42 Å². The van der Waals surface area contributed by atoms with Crippen molar-refractivity contribution in [2.45, 2.75) is 71.0 Å². The first kappa shape index (κ1) is 33.5. The van der Waals surface area contributed by atoms with Crippen molar-refractivity contribution >= 4 is 27.5 Å². The number of aryl methyl sites for hydroxylation is 3. The molecule has 4 aromatic rings. The van der Waals surface area contributed by atoms with Crippen LogP contribution in [0.1, 0.15) is 48.6 Å². The third kappa shape index (κ3) is 9.05. The van der Waals surface area contributed by atoms with Crippen molar-refractivity contribution in [1.82, 2.24) is 10.2 Å². The van der Waals surface area contributed by atoms with Gasteiger partial charge in [-0.15, -0.1) is 0 Å². The first-order chi connectivity index (χ1) is 21.2. The third-order valence-electron chi connectivity index (χ3n) is 7.31. The van der Waals surface area contributed by atoms with Gasteiger partial charge in [0.15, 0.2) is 0 Å². The molecule has 45 heavy (non-hydrogen) atoms. The molecule has 2 amide bonds. The first-order valence-electron chi connectivity index (χ1n) is 15.1. The highest BCUT2D eigenvalue weighted by Crippen LogP contribution is 2.27. The molecule has 0 unspecified atom stereocenters. The van der Waals surface area contributed by atoms with Crippen molar-refractivity contribution in [2.75, 3.05) is 10.8 Å². The molecule has 0 radical (unpaired) electrons. The Morgan fingerprint density at radius 1 is 0.733 bits per heavy atom. The van der Waals surface area contributed by atoms with Crippen molar-refractivity contribution in [3.05, 3.63) is 131 Å². The Kier molecular flexibility index (Phi) is 10.5. The summed E-state index contributed by atoms with van der Waals surface area (Å²) in [7, 11) is -4.14. The molecule has 1 atom stereocenters. The third-order valence-corrected chi connectivity index (χ3v) is 9.10. The number of carbonyl (C=O) groups is 2. The Hall–Kier alpha value is -4.43. The highest BCUT2D eigenvalue weighted by Gasteiger charge is 2.35. The van der Waals surface area contributed by atoms with Crippen LogP contribution >= 0.6 is 0 Å². The van der Waals surface area contributed by atoms with Crippen molar-refractivity contribution in [1.29, 1.82) is 0 Å². The number of rotatable bonds is 11. The van der Waals surface area contributed by atoms with Gasteiger partial charge in [-0.1, -0.05) is 84.4 Å². The first-order valence-corrected chi connectivity index (χ1v) is 16.5. The zero-order valence-electron chi connectivity index (χ0n) is 26.9. The Bertz CT molecular complexity index is 1710. The van der Waals surface area contributed by atoms with Crippen molar-refractivity contribution < 1.29 is 18.0 Å². The van der Waals surface area contributed by atoms with Gasteiger partial charge in [-0.3, -0.25) is 13.9 Å². The van der Waals surface area contributed by atoms with Crippen LogP contribution in [0.2, 0.25) is 0 Å². The van der Waals surface area contributed by atoms with E-state index in [4.69, 9.17) is 0 Å². The lowest BCUT2D eigenvalue weighted by Gasteiger charge is -2.35. The molecule has 0 heterocycles. The lowest BCUT2D eigenvalue weighted by atomic mass is 10.0. The van der Waals surface area contributed by atoms with E-state index in [1.807, 2.05) is 102 Å². The van der Waals surface area contributed by atoms with Gasteiger partial charge in [-0.2, -0.15) is 0 Å². The number of sulfonamides is 1. The molecule has 0 saturated carbocycles. The maximum Gasteiger partial charge on any atom is 0.264 e. The van der Waals surface area contributed by atoms with Crippen LogP contribution in [0, 0.1) is 20.8 Å². The number of hydrogen-bond acceptors (Lipinski definition) is 4. The summed E-state index contributed by atoms with van der Waals surface area (Å²) < 4.78 is 29.5. The summed E-state index contributed by atoms with van der Waals surface area (Å²) in [6.07, 6.45) is 0.259. The summed E-state index contributed by atoms with van der Waals surface area (Å²) in [6, 6.07) is 30.0. The van der Waals surface area contributed by atoms with E-state index in [0.717, 1.165) is 32.1 Å². The molecule has 0 fully saturated rings. The molecule has 0 spiro atoms. The molecular formula is C37H43N3O4S. The Morgan fingerprint density at radius 2 is 1.31 bits per heavy atom. The van der Waals surface area contributed by atoms with Gasteiger partial charge in [0.2, 0.25) is 11.8 Å². The molecule has 7 nitrogen and oxygen atoms in total. The second kappa shape index (κ2) is 14.1. The smallest absolute Gasteiger partial charge is 0.264 e. The molecule has 0 aliphatic heterocycles. The summed E-state index contributed by atoms with van der Waals surface area (Å²) in [5, 5.41) is 3.06. The molecule has 0 bridgehead atoms. The molecule has 8 heteroatoms. The summed E-state index contributed by atoms with van der Waals surface area (Å²) in [5.41, 5.74) is 4.32. The van der Waals surface area contributed by atoms with Gasteiger partial charge in [-0.05, 0) is 88.1 Å². The van der Waals surface area contributed by atoms with E-state index in [1.54, 1.807) is 30.3 Å². The molecule has 0 aromatic heterocycles. The van der Waals surface area contributed by atoms with E-state index in [2.05, 4.69) is 5.32 Å². The number of anilines is 1. The highest BCUT2D eigenvalue weighted by molar-refractivity contribution is 7.92. The highest BCUT2D eigenvalue weighted by atomic mass is 32.2. The SMILES string of the molecule is Cc1cccc(CN(C(=O)CN(c2cc(C)cc(C)c2)S(=O)(=O)c2ccccc2)[C@@H](Cc2ccccc2)C(=O)NC(C)(C)C)c1. The standard InChI is InChI=1S/C37H43N3O4S/c1-27-14-13-17-31(21-27)25-39(34(36(42)38-37(4,5)6)24-30-15-9-7-10-16-30)35(41)26-40(32-22-28(2)20-29(3)23-32)45(43,44)33-18-11-8-12-19-33/h7-23,34H,24-26H2,1-6H3,(H,38,42)/t34-/m0/s1. The molecule has 4 rings (SSSR count). The number of carbonyl (C=O) groups excluding carboxylic acids is 2. The molecule has 1 N–H and O–H groups in total. The maximum absolute atomic E-state index is 14.6. The van der Waals surface area contributed by atoms with Gasteiger partial charge in [0.25, 0.3) is 10.0 Å². The Balaban J connectivity index is 1.84. The fourth-order valence-corrected chi connectivity index (χ4v) is 6.78. The van der Waals surface area contributed by atoms with Crippen LogP contribution in [0.4, 0.5) is 5.69 Å². The maximum atomic E-state index is 14.6. The number of nitrogens with zero attached hydrogens (tertiary/aromatic N) is 2. The number of nitrogens with one attached hydrogen (secondary N) is 1. The van der Waals surface area contributed by atoms with E-state index in [-0.39, 0.29) is 23.8 Å². The number of benzene rings is 4. The number of hydrogen-bond donors (Lipinski definition) is 1. The van der Waals surface area contributed by atoms with Crippen LogP contribution in [-0.2, 0) is 32.6 Å². The van der Waals surface area contributed by atoms with Gasteiger partial charge in [0, 0.05) is 18.5 Å². The fraction of sp³-hybridized carbons (Fsp3) is 0.297. The van der Waals surface area contributed by atoms with Crippen LogP contribution in [-0.4, -0.2) is 43.3 Å². The minimum absolute atomic E-state index is 0.0773. The lowest BCUT2D eigenvalue weighted by Crippen LogP contribution is -2.56. The monoisotopic (exact) mass is 625 g/mol. The van der Waals surface area contributed by atoms with Crippen molar-refractivity contribution in [3.8, 4) is 0 Å². The second-order valence-corrected chi connectivity index (χ2v) is 14.5. The average molecular weight is 626 g/mol. The molecule has 4 aromatic carbocycles. The second-order valence-electron chi connectivity index (χ2n) is 12.6. The zero-order valence-corrected chi connectivity index (χ0v) is 27.8. The van der Waals surface area contributed by atoms with Gasteiger partial charge >= 0.3 is 0 Å². The molecule has 236 valence electrons. The van der Waals surface area contributed by atoms with Crippen molar-refractivity contribution in [2.24, 2.45) is 0 Å². The summed E-state index contributed by atoms with van der Waals surface area (Å²) in [6.45, 7) is 11.1. The van der Waals surface area contributed by atoms with Crippen LogP contribution in [0.5, 0.6) is 0 Å². The van der Waals surface area contributed by atoms with Crippen LogP contribution < -0.4 is 9.62 Å². The van der Waals surface area contributed by atoms with E-state index in [1.165, 1.54) is 17.0 Å². The normalized spacial score (nSPS) is 12.3. The minimum atomic E-state index is -4.14. The van der Waals surface area contributed by atoms with E-state index < -0.39 is 34.1 Å². The molecule has 0 aliphatic carbocycles. The lowest BCUT2D eigenvalue weighted by molar-refractivity contribution is -0.140. The van der Waals surface area contributed by atoms with Gasteiger partial charge in [0.05, 0.1) is 10.6 Å². The number of amides is 2. The quantitative estimate of drug-likeness (QED) is 0.210. The topological polar surface area (TPSA) is 86.8 Å². The Morgan fingerprint density at radius 3 is 1.89 bits per heavy atom. The predicted molar refractivity (Wildman–Crippen MR) is 180 cm³/mol. The fourth-order valence-electron chi connectivity index (χ4n) is 5.36. The van der Waals surface area contributed by atoms with E-state index in [9.17, 15) is 18.0 Å². The van der Waals surface area contributed by atoms with E-state index in [0.29, 0.717) is 5.69 Å². The largest absolute Gasteiger partial charge is 0.350 e. The predicted octanol–water partition coefficient (Wildman–Crippen LogP) is 6.36. The zero-order chi connectivity index (χ0) is 32.8. The van der Waals surface area contributed by atoms with Gasteiger partial charge in [0.1, 0.15) is 12.6 Å².